The highest BCUT2D eigenvalue weighted by Crippen LogP contribution is 2.14. The van der Waals surface area contributed by atoms with Crippen LogP contribution in [0.2, 0.25) is 0 Å². The third kappa shape index (κ3) is 7.98. The van der Waals surface area contributed by atoms with Gasteiger partial charge in [0.1, 0.15) is 17.8 Å². The van der Waals surface area contributed by atoms with Crippen molar-refractivity contribution in [2.24, 2.45) is 0 Å². The fourth-order valence-electron chi connectivity index (χ4n) is 2.20. The average Bonchev–Trinajstić information content (AvgIpc) is 2.90. The molecule has 2 nitrogen and oxygen atoms in total. The van der Waals surface area contributed by atoms with Crippen molar-refractivity contribution in [3.8, 4) is 0 Å². The molecule has 20 heavy (non-hydrogen) atoms. The molecule has 0 amide bonds. The first-order valence-electron chi connectivity index (χ1n) is 8.05. The molecule has 0 aliphatic rings. The fraction of sp³-hybridized carbons (Fsp3) is 0.611. The number of hydrogen-bond acceptors (Lipinski definition) is 2. The van der Waals surface area contributed by atoms with Crippen molar-refractivity contribution in [3.05, 3.63) is 29.7 Å². The maximum absolute atomic E-state index is 10.2. The van der Waals surface area contributed by atoms with E-state index in [0.29, 0.717) is 6.42 Å². The van der Waals surface area contributed by atoms with Crippen molar-refractivity contribution < 1.29 is 9.21 Å². The predicted molar refractivity (Wildman–Crippen MR) is 84.7 cm³/mol. The Morgan fingerprint density at radius 3 is 2.60 bits per heavy atom. The number of furan rings is 1. The van der Waals surface area contributed by atoms with Crippen LogP contribution in [-0.2, 0) is 11.2 Å². The van der Waals surface area contributed by atoms with Gasteiger partial charge in [0.05, 0.1) is 0 Å². The van der Waals surface area contributed by atoms with Gasteiger partial charge in [0, 0.05) is 12.8 Å². The normalized spacial score (nSPS) is 11.2. The van der Waals surface area contributed by atoms with Crippen molar-refractivity contribution in [3.63, 3.8) is 0 Å². The van der Waals surface area contributed by atoms with E-state index in [2.05, 4.69) is 31.2 Å². The smallest absolute Gasteiger partial charge is 0.126 e. The minimum Gasteiger partial charge on any atom is -0.462 e. The number of allylic oxidation sites excluding steroid dienone is 1. The fourth-order valence-corrected chi connectivity index (χ4v) is 2.20. The number of hydrogen-bond donors (Lipinski definition) is 0. The Balaban J connectivity index is 2.10. The molecular formula is C18H28O2. The number of carbonyl (C=O) groups is 1. The number of aryl methyl sites for hydroxylation is 1. The lowest BCUT2D eigenvalue weighted by atomic mass is 10.1. The highest BCUT2D eigenvalue weighted by atomic mass is 16.3. The van der Waals surface area contributed by atoms with Gasteiger partial charge in [-0.3, -0.25) is 0 Å². The van der Waals surface area contributed by atoms with E-state index < -0.39 is 0 Å². The minimum absolute atomic E-state index is 0.714. The van der Waals surface area contributed by atoms with Gasteiger partial charge in [0.2, 0.25) is 0 Å². The van der Waals surface area contributed by atoms with Crippen LogP contribution < -0.4 is 0 Å². The summed E-state index contributed by atoms with van der Waals surface area (Å²) in [6, 6.07) is 4.15. The van der Waals surface area contributed by atoms with Crippen molar-refractivity contribution >= 4 is 12.4 Å². The Morgan fingerprint density at radius 2 is 1.80 bits per heavy atom. The zero-order valence-electron chi connectivity index (χ0n) is 12.8. The van der Waals surface area contributed by atoms with Gasteiger partial charge in [-0.1, -0.05) is 45.1 Å². The Morgan fingerprint density at radius 1 is 1.00 bits per heavy atom. The number of aldehydes is 1. The van der Waals surface area contributed by atoms with Gasteiger partial charge in [-0.2, -0.15) is 0 Å². The molecule has 1 aromatic heterocycles. The first-order chi connectivity index (χ1) is 9.86. The van der Waals surface area contributed by atoms with Gasteiger partial charge in [0.15, 0.2) is 0 Å². The van der Waals surface area contributed by atoms with Gasteiger partial charge in [0.25, 0.3) is 0 Å². The summed E-state index contributed by atoms with van der Waals surface area (Å²) in [6.45, 7) is 2.21. The molecule has 0 spiro atoms. The minimum atomic E-state index is 0.714. The van der Waals surface area contributed by atoms with Gasteiger partial charge in [-0.15, -0.1) is 0 Å². The van der Waals surface area contributed by atoms with Gasteiger partial charge in [-0.05, 0) is 37.5 Å². The van der Waals surface area contributed by atoms with Crippen molar-refractivity contribution in [1.82, 2.24) is 0 Å². The summed E-state index contributed by atoms with van der Waals surface area (Å²) in [7, 11) is 0. The van der Waals surface area contributed by atoms with E-state index in [1.807, 2.05) is 0 Å². The second-order valence-electron chi connectivity index (χ2n) is 5.32. The number of carbonyl (C=O) groups excluding carboxylic acids is 1. The maximum atomic E-state index is 10.2. The molecule has 112 valence electrons. The van der Waals surface area contributed by atoms with E-state index >= 15 is 0 Å². The molecule has 0 saturated carbocycles. The molecule has 0 bridgehead atoms. The molecule has 0 aromatic carbocycles. The van der Waals surface area contributed by atoms with Crippen LogP contribution in [0.25, 0.3) is 6.08 Å². The maximum Gasteiger partial charge on any atom is 0.126 e. The number of rotatable bonds is 12. The lowest BCUT2D eigenvalue weighted by Gasteiger charge is -1.98. The van der Waals surface area contributed by atoms with Crippen LogP contribution in [0.3, 0.4) is 0 Å². The average molecular weight is 276 g/mol. The second-order valence-corrected chi connectivity index (χ2v) is 5.32. The summed E-state index contributed by atoms with van der Waals surface area (Å²) in [5.41, 5.74) is 0. The largest absolute Gasteiger partial charge is 0.462 e. The van der Waals surface area contributed by atoms with E-state index in [1.54, 1.807) is 0 Å². The molecule has 0 unspecified atom stereocenters. The molecule has 0 fully saturated rings. The van der Waals surface area contributed by atoms with Crippen LogP contribution in [0, 0.1) is 0 Å². The van der Waals surface area contributed by atoms with Gasteiger partial charge >= 0.3 is 0 Å². The highest BCUT2D eigenvalue weighted by molar-refractivity contribution is 5.48. The molecule has 1 aromatic rings. The van der Waals surface area contributed by atoms with E-state index in [4.69, 9.17) is 4.42 Å². The summed E-state index contributed by atoms with van der Waals surface area (Å²) in [4.78, 5) is 10.2. The summed E-state index contributed by atoms with van der Waals surface area (Å²) in [5.74, 6) is 2.06. The van der Waals surface area contributed by atoms with E-state index in [-0.39, 0.29) is 0 Å². The topological polar surface area (TPSA) is 30.2 Å². The molecule has 1 heterocycles. The molecule has 0 atom stereocenters. The van der Waals surface area contributed by atoms with E-state index in [1.165, 1.54) is 38.5 Å². The Kier molecular flexibility index (Phi) is 9.64. The quantitative estimate of drug-likeness (QED) is 0.369. The van der Waals surface area contributed by atoms with Crippen molar-refractivity contribution in [2.45, 2.75) is 71.1 Å². The Bertz CT molecular complexity index is 377. The highest BCUT2D eigenvalue weighted by Gasteiger charge is 1.99. The lowest BCUT2D eigenvalue weighted by molar-refractivity contribution is -0.107. The van der Waals surface area contributed by atoms with Gasteiger partial charge < -0.3 is 9.21 Å². The first kappa shape index (κ1) is 16.7. The molecule has 0 saturated heterocycles. The van der Waals surface area contributed by atoms with Crippen molar-refractivity contribution in [1.29, 1.82) is 0 Å². The summed E-state index contributed by atoms with van der Waals surface area (Å²) < 4.78 is 5.78. The van der Waals surface area contributed by atoms with E-state index in [9.17, 15) is 4.79 Å². The Hall–Kier alpha value is -1.31. The third-order valence-corrected chi connectivity index (χ3v) is 3.43. The number of unbranched alkanes of at least 4 members (excludes halogenated alkanes) is 7. The van der Waals surface area contributed by atoms with Crippen LogP contribution in [0.4, 0.5) is 0 Å². The van der Waals surface area contributed by atoms with Crippen LogP contribution in [0.5, 0.6) is 0 Å². The van der Waals surface area contributed by atoms with Gasteiger partial charge in [-0.25, -0.2) is 0 Å². The summed E-state index contributed by atoms with van der Waals surface area (Å²) in [6.07, 6.45) is 16.5. The third-order valence-electron chi connectivity index (χ3n) is 3.43. The van der Waals surface area contributed by atoms with Crippen molar-refractivity contribution in [2.75, 3.05) is 0 Å². The second kappa shape index (κ2) is 11.5. The molecule has 0 aliphatic carbocycles. The van der Waals surface area contributed by atoms with Crippen LogP contribution in [0.15, 0.2) is 22.6 Å². The van der Waals surface area contributed by atoms with Crippen LogP contribution >= 0.6 is 0 Å². The predicted octanol–water partition coefficient (Wildman–Crippen LogP) is 5.57. The molecule has 0 N–H and O–H groups in total. The molecule has 1 rings (SSSR count). The van der Waals surface area contributed by atoms with Crippen LogP contribution in [-0.4, -0.2) is 6.29 Å². The molecule has 2 heteroatoms. The molecule has 0 radical (unpaired) electrons. The zero-order chi connectivity index (χ0) is 14.5. The zero-order valence-corrected chi connectivity index (χ0v) is 12.8. The van der Waals surface area contributed by atoms with Crippen LogP contribution in [0.1, 0.15) is 76.2 Å². The molecular weight excluding hydrogens is 248 g/mol. The lowest BCUT2D eigenvalue weighted by Crippen LogP contribution is -1.84. The monoisotopic (exact) mass is 276 g/mol. The summed E-state index contributed by atoms with van der Waals surface area (Å²) in [5, 5.41) is 0. The SMILES string of the molecule is CCCC/C=C/c1ccc(CCCCCCCC=O)o1. The first-order valence-corrected chi connectivity index (χ1v) is 8.05. The van der Waals surface area contributed by atoms with E-state index in [0.717, 1.165) is 37.1 Å². The Labute approximate surface area is 123 Å². The molecule has 0 aliphatic heterocycles. The summed E-state index contributed by atoms with van der Waals surface area (Å²) >= 11 is 0. The standard InChI is InChI=1S/C18H28O2/c1-2-3-4-9-12-17-14-15-18(20-17)13-10-7-5-6-8-11-16-19/h9,12,14-16H,2-8,10-11,13H2,1H3/b12-9+.